The van der Waals surface area contributed by atoms with Gasteiger partial charge in [-0.25, -0.2) is 18.4 Å². The number of nitrogens with one attached hydrogen (secondary N) is 3. The third-order valence-corrected chi connectivity index (χ3v) is 4.26. The first kappa shape index (κ1) is 17.6. The van der Waals surface area contributed by atoms with Gasteiger partial charge in [0.2, 0.25) is 15.9 Å². The van der Waals surface area contributed by atoms with Crippen LogP contribution in [0, 0.1) is 6.92 Å². The lowest BCUT2D eigenvalue weighted by Gasteiger charge is -2.07. The fourth-order valence-corrected chi connectivity index (χ4v) is 2.57. The highest BCUT2D eigenvalue weighted by atomic mass is 32.2. The van der Waals surface area contributed by atoms with E-state index in [4.69, 9.17) is 5.14 Å². The van der Waals surface area contributed by atoms with Crippen LogP contribution in [-0.4, -0.2) is 24.3 Å². The molecule has 1 aromatic carbocycles. The van der Waals surface area contributed by atoms with Gasteiger partial charge in [-0.3, -0.25) is 14.6 Å². The summed E-state index contributed by atoms with van der Waals surface area (Å²) in [4.78, 5) is 39.2. The summed E-state index contributed by atoms with van der Waals surface area (Å²) in [5.41, 5.74) is -0.0589. The molecule has 0 radical (unpaired) electrons. The quantitative estimate of drug-likeness (QED) is 0.536. The third kappa shape index (κ3) is 4.40. The average Bonchev–Trinajstić information content (AvgIpc) is 2.48. The van der Waals surface area contributed by atoms with Crippen LogP contribution in [0.25, 0.3) is 0 Å². The highest BCUT2D eigenvalue weighted by molar-refractivity contribution is 7.89. The number of sulfonamides is 1. The fourth-order valence-electron chi connectivity index (χ4n) is 2.06. The van der Waals surface area contributed by atoms with Crippen molar-refractivity contribution in [2.75, 3.05) is 0 Å². The maximum absolute atomic E-state index is 11.9. The minimum Gasteiger partial charge on any atom is -0.352 e. The number of benzene rings is 1. The summed E-state index contributed by atoms with van der Waals surface area (Å²) in [6.45, 7) is 1.69. The fraction of sp³-hybridized carbons (Fsp3) is 0.214. The third-order valence-electron chi connectivity index (χ3n) is 3.33. The van der Waals surface area contributed by atoms with Gasteiger partial charge in [0.25, 0.3) is 5.56 Å². The lowest BCUT2D eigenvalue weighted by Crippen LogP contribution is -2.32. The number of aromatic nitrogens is 2. The molecule has 2 aromatic rings. The van der Waals surface area contributed by atoms with Crippen molar-refractivity contribution in [1.29, 1.82) is 0 Å². The molecular formula is C14H16N4O5S. The molecule has 128 valence electrons. The second kappa shape index (κ2) is 6.81. The Kier molecular flexibility index (Phi) is 5.00. The van der Waals surface area contributed by atoms with E-state index in [1.165, 1.54) is 31.2 Å². The molecule has 10 heteroatoms. The second-order valence-electron chi connectivity index (χ2n) is 5.15. The summed E-state index contributed by atoms with van der Waals surface area (Å²) in [5.74, 6) is -0.411. The van der Waals surface area contributed by atoms with E-state index in [1.807, 2.05) is 0 Å². The Hall–Kier alpha value is -2.72. The lowest BCUT2D eigenvalue weighted by molar-refractivity contribution is -0.120. The second-order valence-corrected chi connectivity index (χ2v) is 6.72. The first-order valence-corrected chi connectivity index (χ1v) is 8.42. The number of aryl methyl sites for hydroxylation is 1. The standard InChI is InChI=1S/C14H16N4O5S/c1-8-11(13(20)18-14(21)17-8)6-12(19)16-7-9-2-4-10(5-3-9)24(15,22)23/h2-5H,6-7H2,1H3,(H,16,19)(H2,15,22,23)(H2,17,18,20,21). The monoisotopic (exact) mass is 352 g/mol. The Bertz CT molecular complexity index is 973. The highest BCUT2D eigenvalue weighted by Gasteiger charge is 2.11. The van der Waals surface area contributed by atoms with Crippen molar-refractivity contribution < 1.29 is 13.2 Å². The van der Waals surface area contributed by atoms with Crippen molar-refractivity contribution in [2.45, 2.75) is 24.8 Å². The van der Waals surface area contributed by atoms with Gasteiger partial charge < -0.3 is 10.3 Å². The maximum atomic E-state index is 11.9. The zero-order chi connectivity index (χ0) is 17.9. The van der Waals surface area contributed by atoms with Crippen molar-refractivity contribution in [2.24, 2.45) is 5.14 Å². The Balaban J connectivity index is 2.02. The van der Waals surface area contributed by atoms with Crippen LogP contribution in [0.5, 0.6) is 0 Å². The molecule has 0 saturated heterocycles. The molecule has 0 fully saturated rings. The summed E-state index contributed by atoms with van der Waals surface area (Å²) < 4.78 is 22.3. The van der Waals surface area contributed by atoms with Gasteiger partial charge in [-0.15, -0.1) is 0 Å². The minimum absolute atomic E-state index is 0.0204. The Morgan fingerprint density at radius 3 is 2.33 bits per heavy atom. The van der Waals surface area contributed by atoms with Gasteiger partial charge in [-0.1, -0.05) is 12.1 Å². The van der Waals surface area contributed by atoms with Gasteiger partial charge in [0.15, 0.2) is 0 Å². The van der Waals surface area contributed by atoms with E-state index in [-0.39, 0.29) is 23.4 Å². The van der Waals surface area contributed by atoms with Gasteiger partial charge in [0.05, 0.1) is 11.3 Å². The predicted molar refractivity (Wildman–Crippen MR) is 85.8 cm³/mol. The molecule has 0 atom stereocenters. The molecule has 0 bridgehead atoms. The number of rotatable bonds is 5. The molecule has 1 heterocycles. The minimum atomic E-state index is -3.76. The van der Waals surface area contributed by atoms with Crippen LogP contribution in [0.15, 0.2) is 38.8 Å². The van der Waals surface area contributed by atoms with E-state index in [2.05, 4.69) is 15.3 Å². The molecule has 5 N–H and O–H groups in total. The van der Waals surface area contributed by atoms with Crippen molar-refractivity contribution in [3.63, 3.8) is 0 Å². The highest BCUT2D eigenvalue weighted by Crippen LogP contribution is 2.08. The Morgan fingerprint density at radius 1 is 1.17 bits per heavy atom. The zero-order valence-electron chi connectivity index (χ0n) is 12.8. The molecule has 0 spiro atoms. The number of carbonyl (C=O) groups is 1. The van der Waals surface area contributed by atoms with Crippen LogP contribution in [0.4, 0.5) is 0 Å². The number of hydrogen-bond acceptors (Lipinski definition) is 5. The van der Waals surface area contributed by atoms with Crippen molar-refractivity contribution >= 4 is 15.9 Å². The topological polar surface area (TPSA) is 155 Å². The van der Waals surface area contributed by atoms with Crippen LogP contribution in [0.1, 0.15) is 16.8 Å². The van der Waals surface area contributed by atoms with E-state index in [0.717, 1.165) is 0 Å². The van der Waals surface area contributed by atoms with Gasteiger partial charge in [-0.05, 0) is 24.6 Å². The number of aromatic amines is 2. The molecule has 0 aliphatic carbocycles. The first-order valence-electron chi connectivity index (χ1n) is 6.87. The first-order chi connectivity index (χ1) is 11.2. The normalized spacial score (nSPS) is 11.2. The summed E-state index contributed by atoms with van der Waals surface area (Å²) in [6, 6.07) is 5.73. The van der Waals surface area contributed by atoms with Crippen LogP contribution < -0.4 is 21.7 Å². The van der Waals surface area contributed by atoms with Crippen molar-refractivity contribution in [3.05, 3.63) is 61.9 Å². The van der Waals surface area contributed by atoms with E-state index < -0.39 is 27.2 Å². The van der Waals surface area contributed by atoms with Crippen LogP contribution >= 0.6 is 0 Å². The zero-order valence-corrected chi connectivity index (χ0v) is 13.6. The molecule has 0 aliphatic rings. The van der Waals surface area contributed by atoms with Gasteiger partial charge >= 0.3 is 5.69 Å². The van der Waals surface area contributed by atoms with E-state index in [9.17, 15) is 22.8 Å². The Morgan fingerprint density at radius 2 is 1.79 bits per heavy atom. The molecule has 0 saturated carbocycles. The van der Waals surface area contributed by atoms with Crippen LogP contribution in [-0.2, 0) is 27.8 Å². The largest absolute Gasteiger partial charge is 0.352 e. The summed E-state index contributed by atoms with van der Waals surface area (Å²) in [5, 5.41) is 7.61. The summed E-state index contributed by atoms with van der Waals surface area (Å²) in [7, 11) is -3.76. The van der Waals surface area contributed by atoms with Crippen LogP contribution in [0.3, 0.4) is 0 Å². The average molecular weight is 352 g/mol. The van der Waals surface area contributed by atoms with Crippen LogP contribution in [0.2, 0.25) is 0 Å². The van der Waals surface area contributed by atoms with Gasteiger partial charge in [0.1, 0.15) is 0 Å². The molecule has 2 rings (SSSR count). The molecule has 24 heavy (non-hydrogen) atoms. The Labute approximate surface area is 137 Å². The smallest absolute Gasteiger partial charge is 0.325 e. The number of H-pyrrole nitrogens is 2. The van der Waals surface area contributed by atoms with Gasteiger partial charge in [0, 0.05) is 17.8 Å². The molecule has 0 aliphatic heterocycles. The van der Waals surface area contributed by atoms with E-state index >= 15 is 0 Å². The maximum Gasteiger partial charge on any atom is 0.325 e. The summed E-state index contributed by atoms with van der Waals surface area (Å²) in [6.07, 6.45) is -0.187. The van der Waals surface area contributed by atoms with Crippen molar-refractivity contribution in [3.8, 4) is 0 Å². The van der Waals surface area contributed by atoms with E-state index in [0.29, 0.717) is 11.3 Å². The number of amides is 1. The molecular weight excluding hydrogens is 336 g/mol. The molecule has 0 unspecified atom stereocenters. The number of hydrogen-bond donors (Lipinski definition) is 4. The van der Waals surface area contributed by atoms with E-state index in [1.54, 1.807) is 0 Å². The molecule has 1 amide bonds. The molecule has 9 nitrogen and oxygen atoms in total. The number of primary sulfonamides is 1. The van der Waals surface area contributed by atoms with Crippen molar-refractivity contribution in [1.82, 2.24) is 15.3 Å². The van der Waals surface area contributed by atoms with Gasteiger partial charge in [-0.2, -0.15) is 0 Å². The lowest BCUT2D eigenvalue weighted by atomic mass is 10.1. The predicted octanol–water partition coefficient (Wildman–Crippen LogP) is -1.12. The number of carbonyl (C=O) groups excluding carboxylic acids is 1. The SMILES string of the molecule is Cc1[nH]c(=O)[nH]c(=O)c1CC(=O)NCc1ccc(S(N)(=O)=O)cc1. The molecule has 1 aromatic heterocycles. The summed E-state index contributed by atoms with van der Waals surface area (Å²) >= 11 is 0. The number of nitrogens with two attached hydrogens (primary N) is 1.